The van der Waals surface area contributed by atoms with E-state index in [4.69, 9.17) is 5.73 Å². The molecule has 10 nitrogen and oxygen atoms in total. The Hall–Kier alpha value is -2.04. The number of hydrogen-bond acceptors (Lipinski definition) is 7. The molecule has 0 saturated carbocycles. The largest absolute Gasteiger partial charge is 0.394 e. The van der Waals surface area contributed by atoms with E-state index in [2.05, 4.69) is 16.0 Å². The van der Waals surface area contributed by atoms with Gasteiger partial charge in [-0.25, -0.2) is 0 Å². The Morgan fingerprint density at radius 2 is 1.48 bits per heavy atom. The van der Waals surface area contributed by atoms with Crippen LogP contribution in [0.5, 0.6) is 0 Å². The van der Waals surface area contributed by atoms with Crippen molar-refractivity contribution in [2.45, 2.75) is 77.7 Å². The van der Waals surface area contributed by atoms with Crippen molar-refractivity contribution in [3.63, 3.8) is 0 Å². The van der Waals surface area contributed by atoms with Gasteiger partial charge in [0.05, 0.1) is 18.8 Å². The molecule has 0 bridgehead atoms. The first-order valence-electron chi connectivity index (χ1n) is 9.81. The molecular formula is C19H35N4O6. The van der Waals surface area contributed by atoms with E-state index < -0.39 is 54.6 Å². The Morgan fingerprint density at radius 3 is 1.90 bits per heavy atom. The van der Waals surface area contributed by atoms with Crippen LogP contribution in [0.4, 0.5) is 0 Å². The zero-order valence-corrected chi connectivity index (χ0v) is 17.8. The fraction of sp³-hybridized carbons (Fsp3) is 0.789. The molecule has 0 fully saturated rings. The van der Waals surface area contributed by atoms with Gasteiger partial charge < -0.3 is 31.9 Å². The lowest BCUT2D eigenvalue weighted by Gasteiger charge is -2.26. The molecule has 0 aliphatic carbocycles. The van der Waals surface area contributed by atoms with Gasteiger partial charge in [-0.2, -0.15) is 0 Å². The summed E-state index contributed by atoms with van der Waals surface area (Å²) in [7, 11) is 0. The van der Waals surface area contributed by atoms with E-state index in [1.54, 1.807) is 13.2 Å². The molecule has 6 atom stereocenters. The van der Waals surface area contributed by atoms with Crippen LogP contribution in [0, 0.1) is 11.8 Å². The topological polar surface area (TPSA) is 171 Å². The molecule has 3 amide bonds. The van der Waals surface area contributed by atoms with E-state index in [0.29, 0.717) is 6.42 Å². The molecule has 0 heterocycles. The normalized spacial score (nSPS) is 17.4. The molecule has 0 aromatic rings. The summed E-state index contributed by atoms with van der Waals surface area (Å²) >= 11 is 0. The molecule has 0 aromatic carbocycles. The van der Waals surface area contributed by atoms with E-state index in [1.165, 1.54) is 6.92 Å². The summed E-state index contributed by atoms with van der Waals surface area (Å²) in [6, 6.07) is -4.40. The van der Waals surface area contributed by atoms with Crippen LogP contribution in [-0.2, 0) is 19.2 Å². The van der Waals surface area contributed by atoms with Crippen LogP contribution in [0.2, 0.25) is 0 Å². The van der Waals surface area contributed by atoms with Gasteiger partial charge in [0, 0.05) is 0 Å². The average Bonchev–Trinajstić information content (AvgIpc) is 2.67. The molecule has 1 radical (unpaired) electrons. The monoisotopic (exact) mass is 415 g/mol. The SMILES string of the molecule is CC[C@H](C)[C@@H]([C]=O)NC(=O)[C@H](CC(C)C)NC(=O)[C@H](CO)NC(=O)[C@@H](N)[C@@H](C)O. The third kappa shape index (κ3) is 9.33. The van der Waals surface area contributed by atoms with Gasteiger partial charge >= 0.3 is 0 Å². The maximum absolute atomic E-state index is 12.6. The number of carbonyl (C=O) groups excluding carboxylic acids is 4. The first-order chi connectivity index (χ1) is 13.5. The molecule has 0 aliphatic rings. The molecule has 0 rings (SSSR count). The number of carbonyl (C=O) groups is 3. The highest BCUT2D eigenvalue weighted by Gasteiger charge is 2.30. The van der Waals surface area contributed by atoms with Crippen molar-refractivity contribution in [1.82, 2.24) is 16.0 Å². The molecule has 7 N–H and O–H groups in total. The Morgan fingerprint density at radius 1 is 0.966 bits per heavy atom. The maximum atomic E-state index is 12.6. The van der Waals surface area contributed by atoms with Gasteiger partial charge in [-0.1, -0.05) is 34.1 Å². The summed E-state index contributed by atoms with van der Waals surface area (Å²) in [5.41, 5.74) is 5.51. The van der Waals surface area contributed by atoms with E-state index >= 15 is 0 Å². The molecule has 167 valence electrons. The summed E-state index contributed by atoms with van der Waals surface area (Å²) in [6.45, 7) is 7.99. The molecule has 29 heavy (non-hydrogen) atoms. The van der Waals surface area contributed by atoms with Crippen LogP contribution in [0.25, 0.3) is 0 Å². The molecule has 0 spiro atoms. The molecular weight excluding hydrogens is 380 g/mol. The lowest BCUT2D eigenvalue weighted by molar-refractivity contribution is -0.134. The highest BCUT2D eigenvalue weighted by molar-refractivity contribution is 5.93. The van der Waals surface area contributed by atoms with Gasteiger partial charge in [0.25, 0.3) is 0 Å². The quantitative estimate of drug-likeness (QED) is 0.209. The standard InChI is InChI=1S/C19H35N4O6/c1-6-11(4)14(8-24)22-17(27)13(7-10(2)3)21-18(28)15(9-25)23-19(29)16(20)12(5)26/h10-16,25-26H,6-7,9,20H2,1-5H3,(H,21,28)(H,22,27)(H,23,29)/t11-,12+,13-,14+,15-,16-/m0/s1. The van der Waals surface area contributed by atoms with Crippen LogP contribution >= 0.6 is 0 Å². The van der Waals surface area contributed by atoms with Crippen LogP contribution in [0.1, 0.15) is 47.5 Å². The number of hydrogen-bond donors (Lipinski definition) is 6. The number of aliphatic hydroxyl groups excluding tert-OH is 2. The van der Waals surface area contributed by atoms with Crippen molar-refractivity contribution >= 4 is 24.0 Å². The molecule has 0 aliphatic heterocycles. The van der Waals surface area contributed by atoms with E-state index in [1.807, 2.05) is 20.8 Å². The predicted molar refractivity (Wildman–Crippen MR) is 107 cm³/mol. The molecule has 0 saturated heterocycles. The van der Waals surface area contributed by atoms with Gasteiger partial charge in [-0.15, -0.1) is 0 Å². The summed E-state index contributed by atoms with van der Waals surface area (Å²) in [4.78, 5) is 48.2. The van der Waals surface area contributed by atoms with Crippen molar-refractivity contribution < 1.29 is 29.4 Å². The number of aliphatic hydroxyl groups is 2. The number of rotatable bonds is 13. The fourth-order valence-electron chi connectivity index (χ4n) is 2.43. The second-order valence-corrected chi connectivity index (χ2v) is 7.69. The van der Waals surface area contributed by atoms with Gasteiger partial charge in [0.1, 0.15) is 18.1 Å². The molecule has 0 unspecified atom stereocenters. The smallest absolute Gasteiger partial charge is 0.245 e. The minimum atomic E-state index is -1.35. The van der Waals surface area contributed by atoms with Crippen molar-refractivity contribution in [1.29, 1.82) is 0 Å². The third-order valence-corrected chi connectivity index (χ3v) is 4.62. The summed E-state index contributed by atoms with van der Waals surface area (Å²) < 4.78 is 0. The van der Waals surface area contributed by atoms with Crippen molar-refractivity contribution in [2.75, 3.05) is 6.61 Å². The van der Waals surface area contributed by atoms with Crippen molar-refractivity contribution in [3.8, 4) is 0 Å². The van der Waals surface area contributed by atoms with Crippen molar-refractivity contribution in [3.05, 3.63) is 0 Å². The first-order valence-corrected chi connectivity index (χ1v) is 9.81. The lowest BCUT2D eigenvalue weighted by Crippen LogP contribution is -2.59. The van der Waals surface area contributed by atoms with Crippen LogP contribution < -0.4 is 21.7 Å². The van der Waals surface area contributed by atoms with Gasteiger partial charge in [-0.3, -0.25) is 19.2 Å². The maximum Gasteiger partial charge on any atom is 0.245 e. The zero-order valence-electron chi connectivity index (χ0n) is 17.8. The van der Waals surface area contributed by atoms with E-state index in [9.17, 15) is 29.4 Å². The van der Waals surface area contributed by atoms with Crippen LogP contribution in [0.15, 0.2) is 0 Å². The number of nitrogens with two attached hydrogens (primary N) is 1. The summed E-state index contributed by atoms with van der Waals surface area (Å²) in [5.74, 6) is -2.23. The summed E-state index contributed by atoms with van der Waals surface area (Å²) in [6.07, 6.45) is 1.59. The Kier molecular flexibility index (Phi) is 12.3. The Balaban J connectivity index is 5.22. The fourth-order valence-corrected chi connectivity index (χ4v) is 2.43. The van der Waals surface area contributed by atoms with Crippen molar-refractivity contribution in [2.24, 2.45) is 17.6 Å². The Labute approximate surface area is 172 Å². The second kappa shape index (κ2) is 13.2. The third-order valence-electron chi connectivity index (χ3n) is 4.62. The van der Waals surface area contributed by atoms with E-state index in [-0.39, 0.29) is 18.3 Å². The highest BCUT2D eigenvalue weighted by atomic mass is 16.3. The second-order valence-electron chi connectivity index (χ2n) is 7.69. The van der Waals surface area contributed by atoms with Crippen LogP contribution in [0.3, 0.4) is 0 Å². The lowest BCUT2D eigenvalue weighted by atomic mass is 9.98. The van der Waals surface area contributed by atoms with Gasteiger partial charge in [-0.05, 0) is 25.2 Å². The van der Waals surface area contributed by atoms with Gasteiger partial charge in [0.15, 0.2) is 0 Å². The first kappa shape index (κ1) is 27.0. The predicted octanol–water partition coefficient (Wildman–Crippen LogP) is -1.66. The average molecular weight is 416 g/mol. The summed E-state index contributed by atoms with van der Waals surface area (Å²) in [5, 5.41) is 26.2. The van der Waals surface area contributed by atoms with Gasteiger partial charge in [0.2, 0.25) is 24.0 Å². The van der Waals surface area contributed by atoms with E-state index in [0.717, 1.165) is 0 Å². The minimum Gasteiger partial charge on any atom is -0.394 e. The zero-order chi connectivity index (χ0) is 22.7. The number of amides is 3. The minimum absolute atomic E-state index is 0.0409. The number of nitrogens with one attached hydrogen (secondary N) is 3. The molecule has 0 aromatic heterocycles. The van der Waals surface area contributed by atoms with Crippen LogP contribution in [-0.4, -0.2) is 71.1 Å². The highest BCUT2D eigenvalue weighted by Crippen LogP contribution is 2.09. The molecule has 10 heteroatoms. The Bertz CT molecular complexity index is 555.